The maximum absolute atomic E-state index is 10.3. The Balaban J connectivity index is 1.95. The Morgan fingerprint density at radius 2 is 2.40 bits per heavy atom. The monoisotopic (exact) mass is 224 g/mol. The van der Waals surface area contributed by atoms with Crippen LogP contribution in [0.4, 0.5) is 0 Å². The number of hydrogen-bond acceptors (Lipinski definition) is 3. The Morgan fingerprint density at radius 3 is 3.20 bits per heavy atom. The van der Waals surface area contributed by atoms with Crippen molar-refractivity contribution in [1.82, 2.24) is 0 Å². The topological polar surface area (TPSA) is 46.5 Å². The van der Waals surface area contributed by atoms with Crippen molar-refractivity contribution in [1.29, 1.82) is 0 Å². The van der Waals surface area contributed by atoms with Gasteiger partial charge >= 0.3 is 5.97 Å². The summed E-state index contributed by atoms with van der Waals surface area (Å²) in [6, 6.07) is 6.04. The summed E-state index contributed by atoms with van der Waals surface area (Å²) >= 11 is 1.58. The number of carboxylic acids is 1. The zero-order valence-electron chi connectivity index (χ0n) is 8.23. The highest BCUT2D eigenvalue weighted by molar-refractivity contribution is 7.99. The minimum Gasteiger partial charge on any atom is -0.493 e. The number of ether oxygens (including phenoxy) is 1. The molecule has 2 rings (SSSR count). The number of benzene rings is 1. The molecule has 0 saturated carbocycles. The summed E-state index contributed by atoms with van der Waals surface area (Å²) in [5.41, 5.74) is 1.23. The lowest BCUT2D eigenvalue weighted by atomic mass is 10.2. The van der Waals surface area contributed by atoms with Gasteiger partial charge in [0, 0.05) is 17.1 Å². The van der Waals surface area contributed by atoms with Crippen molar-refractivity contribution in [3.63, 3.8) is 0 Å². The minimum absolute atomic E-state index is 0.207. The summed E-state index contributed by atoms with van der Waals surface area (Å²) in [5.74, 6) is 0.846. The van der Waals surface area contributed by atoms with Crippen LogP contribution in [-0.2, 0) is 11.2 Å². The van der Waals surface area contributed by atoms with Gasteiger partial charge in [0.2, 0.25) is 0 Å². The van der Waals surface area contributed by atoms with Crippen molar-refractivity contribution in [2.24, 2.45) is 0 Å². The van der Waals surface area contributed by atoms with Crippen molar-refractivity contribution < 1.29 is 14.6 Å². The van der Waals surface area contributed by atoms with Crippen molar-refractivity contribution in [3.05, 3.63) is 23.8 Å². The Bertz CT molecular complexity index is 376. The van der Waals surface area contributed by atoms with Gasteiger partial charge in [-0.15, -0.1) is 11.8 Å². The number of carbonyl (C=O) groups is 1. The molecule has 0 atom stereocenters. The predicted octanol–water partition coefficient (Wildman–Crippen LogP) is 2.19. The fraction of sp³-hybridized carbons (Fsp3) is 0.364. The van der Waals surface area contributed by atoms with Crippen LogP contribution in [0, 0.1) is 0 Å². The number of thioether (sulfide) groups is 1. The van der Waals surface area contributed by atoms with E-state index in [1.165, 1.54) is 5.56 Å². The average molecular weight is 224 g/mol. The van der Waals surface area contributed by atoms with Crippen molar-refractivity contribution in [2.45, 2.75) is 17.7 Å². The highest BCUT2D eigenvalue weighted by Crippen LogP contribution is 2.30. The first-order valence-corrected chi connectivity index (χ1v) is 5.84. The normalized spacial score (nSPS) is 13.3. The average Bonchev–Trinajstić information content (AvgIpc) is 2.64. The third-order valence-electron chi connectivity index (χ3n) is 2.25. The highest BCUT2D eigenvalue weighted by atomic mass is 32.2. The van der Waals surface area contributed by atoms with Crippen LogP contribution >= 0.6 is 11.8 Å². The molecule has 0 aliphatic carbocycles. The van der Waals surface area contributed by atoms with Gasteiger partial charge in [0.1, 0.15) is 5.75 Å². The van der Waals surface area contributed by atoms with Crippen LogP contribution in [-0.4, -0.2) is 23.4 Å². The standard InChI is InChI=1S/C11H12O3S/c12-11(13)4-6-15-9-1-2-10-8(7-9)3-5-14-10/h1-2,7H,3-6H2,(H,12,13). The number of carboxylic acid groups (broad SMARTS) is 1. The second-order valence-electron chi connectivity index (χ2n) is 3.36. The van der Waals surface area contributed by atoms with Crippen molar-refractivity contribution >= 4 is 17.7 Å². The molecule has 4 heteroatoms. The van der Waals surface area contributed by atoms with E-state index < -0.39 is 5.97 Å². The van der Waals surface area contributed by atoms with Crippen LogP contribution < -0.4 is 4.74 Å². The second-order valence-corrected chi connectivity index (χ2v) is 4.53. The van der Waals surface area contributed by atoms with Gasteiger partial charge in [-0.05, 0) is 23.8 Å². The van der Waals surface area contributed by atoms with E-state index in [0.29, 0.717) is 5.75 Å². The van der Waals surface area contributed by atoms with E-state index in [1.54, 1.807) is 11.8 Å². The van der Waals surface area contributed by atoms with E-state index in [4.69, 9.17) is 9.84 Å². The van der Waals surface area contributed by atoms with Gasteiger partial charge in [0.25, 0.3) is 0 Å². The number of hydrogen-bond donors (Lipinski definition) is 1. The molecule has 1 N–H and O–H groups in total. The Labute approximate surface area is 92.4 Å². The summed E-state index contributed by atoms with van der Waals surface area (Å²) in [4.78, 5) is 11.5. The molecule has 1 aromatic carbocycles. The van der Waals surface area contributed by atoms with Crippen LogP contribution in [0.15, 0.2) is 23.1 Å². The molecule has 15 heavy (non-hydrogen) atoms. The molecule has 3 nitrogen and oxygen atoms in total. The largest absolute Gasteiger partial charge is 0.493 e. The lowest BCUT2D eigenvalue weighted by molar-refractivity contribution is -0.136. The molecule has 1 aliphatic heterocycles. The first-order valence-electron chi connectivity index (χ1n) is 4.86. The fourth-order valence-corrected chi connectivity index (χ4v) is 2.41. The Hall–Kier alpha value is -1.16. The molecule has 80 valence electrons. The number of aliphatic carboxylic acids is 1. The SMILES string of the molecule is O=C(O)CCSc1ccc2c(c1)CCO2. The molecule has 1 aliphatic rings. The quantitative estimate of drug-likeness (QED) is 0.796. The van der Waals surface area contributed by atoms with Crippen LogP contribution in [0.25, 0.3) is 0 Å². The summed E-state index contributed by atoms with van der Waals surface area (Å²) in [5, 5.41) is 8.51. The lowest BCUT2D eigenvalue weighted by Crippen LogP contribution is -1.95. The van der Waals surface area contributed by atoms with Gasteiger partial charge in [0.15, 0.2) is 0 Å². The van der Waals surface area contributed by atoms with Gasteiger partial charge in [-0.2, -0.15) is 0 Å². The molecule has 0 aromatic heterocycles. The molecular formula is C11H12O3S. The molecule has 0 bridgehead atoms. The molecule has 0 spiro atoms. The van der Waals surface area contributed by atoms with E-state index in [-0.39, 0.29) is 6.42 Å². The summed E-state index contributed by atoms with van der Waals surface area (Å²) in [6.07, 6.45) is 1.17. The molecule has 1 aromatic rings. The third kappa shape index (κ3) is 2.65. The molecule has 0 radical (unpaired) electrons. The predicted molar refractivity (Wildman–Crippen MR) is 58.6 cm³/mol. The van der Waals surface area contributed by atoms with Crippen LogP contribution in [0.3, 0.4) is 0 Å². The number of rotatable bonds is 4. The van der Waals surface area contributed by atoms with E-state index >= 15 is 0 Å². The van der Waals surface area contributed by atoms with E-state index in [2.05, 4.69) is 6.07 Å². The summed E-state index contributed by atoms with van der Waals surface area (Å²) in [7, 11) is 0. The molecule has 0 amide bonds. The Kier molecular flexibility index (Phi) is 3.16. The van der Waals surface area contributed by atoms with Gasteiger partial charge in [-0.1, -0.05) is 0 Å². The minimum atomic E-state index is -0.744. The Morgan fingerprint density at radius 1 is 1.53 bits per heavy atom. The fourth-order valence-electron chi connectivity index (χ4n) is 1.51. The van der Waals surface area contributed by atoms with Gasteiger partial charge in [-0.3, -0.25) is 4.79 Å². The van der Waals surface area contributed by atoms with Gasteiger partial charge in [-0.25, -0.2) is 0 Å². The van der Waals surface area contributed by atoms with Gasteiger partial charge in [0.05, 0.1) is 13.0 Å². The summed E-state index contributed by atoms with van der Waals surface area (Å²) in [6.45, 7) is 0.762. The zero-order chi connectivity index (χ0) is 10.7. The van der Waals surface area contributed by atoms with E-state index in [9.17, 15) is 4.79 Å². The van der Waals surface area contributed by atoms with E-state index in [0.717, 1.165) is 23.7 Å². The van der Waals surface area contributed by atoms with Crippen molar-refractivity contribution in [2.75, 3.05) is 12.4 Å². The molecule has 0 fully saturated rings. The van der Waals surface area contributed by atoms with Crippen LogP contribution in [0.2, 0.25) is 0 Å². The number of fused-ring (bicyclic) bond motifs is 1. The molecule has 0 unspecified atom stereocenters. The maximum Gasteiger partial charge on any atom is 0.304 e. The molecular weight excluding hydrogens is 212 g/mol. The summed E-state index contributed by atoms with van der Waals surface area (Å²) < 4.78 is 5.39. The molecule has 0 saturated heterocycles. The third-order valence-corrected chi connectivity index (χ3v) is 3.24. The molecule has 1 heterocycles. The highest BCUT2D eigenvalue weighted by Gasteiger charge is 2.12. The van der Waals surface area contributed by atoms with Crippen molar-refractivity contribution in [3.8, 4) is 5.75 Å². The van der Waals surface area contributed by atoms with Crippen LogP contribution in [0.5, 0.6) is 5.75 Å². The van der Waals surface area contributed by atoms with Gasteiger partial charge < -0.3 is 9.84 Å². The first kappa shape index (κ1) is 10.4. The van der Waals surface area contributed by atoms with Crippen LogP contribution in [0.1, 0.15) is 12.0 Å². The lowest BCUT2D eigenvalue weighted by Gasteiger charge is -2.02. The van der Waals surface area contributed by atoms with E-state index in [1.807, 2.05) is 12.1 Å². The smallest absolute Gasteiger partial charge is 0.304 e. The zero-order valence-corrected chi connectivity index (χ0v) is 9.05. The second kappa shape index (κ2) is 4.57. The first-order chi connectivity index (χ1) is 7.25. The maximum atomic E-state index is 10.3.